The molecule has 0 bridgehead atoms. The standard InChI is InChI=1S/C15H19N3O/c1-3-11(4-2)10-18-15(19)12-6-5-7-13-14(12)17-9-8-16-13/h5-9,11H,3-4,10H2,1-2H3,(H,18,19). The van der Waals surface area contributed by atoms with Crippen LogP contribution in [0.2, 0.25) is 0 Å². The van der Waals surface area contributed by atoms with Crippen molar-refractivity contribution in [2.75, 3.05) is 6.54 Å². The van der Waals surface area contributed by atoms with Gasteiger partial charge in [0.15, 0.2) is 0 Å². The van der Waals surface area contributed by atoms with E-state index in [2.05, 4.69) is 29.1 Å². The summed E-state index contributed by atoms with van der Waals surface area (Å²) in [6.45, 7) is 5.00. The topological polar surface area (TPSA) is 54.9 Å². The van der Waals surface area contributed by atoms with Crippen LogP contribution in [0.3, 0.4) is 0 Å². The van der Waals surface area contributed by atoms with E-state index in [0.717, 1.165) is 18.4 Å². The number of para-hydroxylation sites is 1. The molecule has 0 fully saturated rings. The van der Waals surface area contributed by atoms with Crippen LogP contribution in [-0.4, -0.2) is 22.4 Å². The normalized spacial score (nSPS) is 10.9. The van der Waals surface area contributed by atoms with Gasteiger partial charge >= 0.3 is 0 Å². The summed E-state index contributed by atoms with van der Waals surface area (Å²) in [4.78, 5) is 20.7. The molecule has 2 aromatic rings. The maximum atomic E-state index is 12.2. The first-order valence-corrected chi connectivity index (χ1v) is 6.74. The quantitative estimate of drug-likeness (QED) is 0.896. The zero-order chi connectivity index (χ0) is 13.7. The van der Waals surface area contributed by atoms with E-state index in [1.165, 1.54) is 0 Å². The lowest BCUT2D eigenvalue weighted by molar-refractivity contribution is 0.0948. The summed E-state index contributed by atoms with van der Waals surface area (Å²) >= 11 is 0. The van der Waals surface area contributed by atoms with Gasteiger partial charge in [0.1, 0.15) is 5.52 Å². The zero-order valence-corrected chi connectivity index (χ0v) is 11.4. The number of rotatable bonds is 5. The number of nitrogens with zero attached hydrogens (tertiary/aromatic N) is 2. The van der Waals surface area contributed by atoms with E-state index >= 15 is 0 Å². The summed E-state index contributed by atoms with van der Waals surface area (Å²) in [6, 6.07) is 5.49. The maximum Gasteiger partial charge on any atom is 0.253 e. The van der Waals surface area contributed by atoms with Crippen LogP contribution < -0.4 is 5.32 Å². The Morgan fingerprint density at radius 1 is 1.21 bits per heavy atom. The first-order chi connectivity index (χ1) is 9.26. The number of amides is 1. The highest BCUT2D eigenvalue weighted by molar-refractivity contribution is 6.04. The van der Waals surface area contributed by atoms with E-state index in [4.69, 9.17) is 0 Å². The third kappa shape index (κ3) is 3.08. The van der Waals surface area contributed by atoms with Crippen molar-refractivity contribution in [2.45, 2.75) is 26.7 Å². The zero-order valence-electron chi connectivity index (χ0n) is 11.4. The Morgan fingerprint density at radius 2 is 1.95 bits per heavy atom. The van der Waals surface area contributed by atoms with Crippen molar-refractivity contribution in [1.82, 2.24) is 15.3 Å². The number of carbonyl (C=O) groups is 1. The Balaban J connectivity index is 2.17. The average Bonchev–Trinajstić information content (AvgIpc) is 2.47. The lowest BCUT2D eigenvalue weighted by Gasteiger charge is -2.13. The predicted octanol–water partition coefficient (Wildman–Crippen LogP) is 2.80. The van der Waals surface area contributed by atoms with Gasteiger partial charge in [-0.25, -0.2) is 0 Å². The van der Waals surface area contributed by atoms with Gasteiger partial charge in [0.2, 0.25) is 0 Å². The highest BCUT2D eigenvalue weighted by atomic mass is 16.1. The van der Waals surface area contributed by atoms with Gasteiger partial charge in [-0.3, -0.25) is 14.8 Å². The molecule has 1 aromatic heterocycles. The second-order valence-electron chi connectivity index (χ2n) is 4.62. The molecule has 0 radical (unpaired) electrons. The van der Waals surface area contributed by atoms with Gasteiger partial charge in [-0.05, 0) is 18.1 Å². The molecule has 1 heterocycles. The van der Waals surface area contributed by atoms with Crippen molar-refractivity contribution in [3.05, 3.63) is 36.2 Å². The molecule has 1 amide bonds. The molecule has 0 aliphatic rings. The number of hydrogen-bond donors (Lipinski definition) is 1. The van der Waals surface area contributed by atoms with E-state index in [0.29, 0.717) is 23.5 Å². The fraction of sp³-hybridized carbons (Fsp3) is 0.400. The molecule has 2 rings (SSSR count). The van der Waals surface area contributed by atoms with Crippen molar-refractivity contribution in [1.29, 1.82) is 0 Å². The van der Waals surface area contributed by atoms with Gasteiger partial charge in [0.05, 0.1) is 11.1 Å². The van der Waals surface area contributed by atoms with Gasteiger partial charge in [-0.2, -0.15) is 0 Å². The van der Waals surface area contributed by atoms with E-state index in [9.17, 15) is 4.79 Å². The molecule has 19 heavy (non-hydrogen) atoms. The molecule has 1 aromatic carbocycles. The SMILES string of the molecule is CCC(CC)CNC(=O)c1cccc2nccnc12. The van der Waals surface area contributed by atoms with Gasteiger partial charge in [-0.15, -0.1) is 0 Å². The monoisotopic (exact) mass is 257 g/mol. The van der Waals surface area contributed by atoms with Crippen molar-refractivity contribution >= 4 is 16.9 Å². The Morgan fingerprint density at radius 3 is 2.68 bits per heavy atom. The Hall–Kier alpha value is -1.97. The van der Waals surface area contributed by atoms with Crippen molar-refractivity contribution < 1.29 is 4.79 Å². The lowest BCUT2D eigenvalue weighted by Crippen LogP contribution is -2.29. The molecular formula is C15H19N3O. The number of hydrogen-bond acceptors (Lipinski definition) is 3. The van der Waals surface area contributed by atoms with Crippen molar-refractivity contribution in [2.24, 2.45) is 5.92 Å². The summed E-state index contributed by atoms with van der Waals surface area (Å²) in [5, 5.41) is 2.99. The van der Waals surface area contributed by atoms with Gasteiger partial charge < -0.3 is 5.32 Å². The summed E-state index contributed by atoms with van der Waals surface area (Å²) in [6.07, 6.45) is 5.40. The minimum atomic E-state index is -0.0713. The molecule has 1 N–H and O–H groups in total. The number of carbonyl (C=O) groups excluding carboxylic acids is 1. The van der Waals surface area contributed by atoms with Gasteiger partial charge in [0, 0.05) is 18.9 Å². The van der Waals surface area contributed by atoms with Crippen molar-refractivity contribution in [3.63, 3.8) is 0 Å². The second kappa shape index (κ2) is 6.27. The lowest BCUT2D eigenvalue weighted by atomic mass is 10.0. The summed E-state index contributed by atoms with van der Waals surface area (Å²) < 4.78 is 0. The van der Waals surface area contributed by atoms with E-state index in [-0.39, 0.29) is 5.91 Å². The van der Waals surface area contributed by atoms with Crippen LogP contribution in [0.4, 0.5) is 0 Å². The Kier molecular flexibility index (Phi) is 4.44. The minimum Gasteiger partial charge on any atom is -0.352 e. The van der Waals surface area contributed by atoms with Crippen molar-refractivity contribution in [3.8, 4) is 0 Å². The second-order valence-corrected chi connectivity index (χ2v) is 4.62. The van der Waals surface area contributed by atoms with Crippen LogP contribution in [0.25, 0.3) is 11.0 Å². The Labute approximate surface area is 113 Å². The third-order valence-electron chi connectivity index (χ3n) is 3.45. The molecule has 100 valence electrons. The minimum absolute atomic E-state index is 0.0713. The van der Waals surface area contributed by atoms with Gasteiger partial charge in [0.25, 0.3) is 5.91 Å². The number of benzene rings is 1. The molecule has 0 aliphatic heterocycles. The van der Waals surface area contributed by atoms with Crippen LogP contribution in [-0.2, 0) is 0 Å². The molecular weight excluding hydrogens is 238 g/mol. The van der Waals surface area contributed by atoms with E-state index < -0.39 is 0 Å². The fourth-order valence-electron chi connectivity index (χ4n) is 2.09. The molecule has 0 spiro atoms. The van der Waals surface area contributed by atoms with Gasteiger partial charge in [-0.1, -0.05) is 32.8 Å². The molecule has 0 saturated carbocycles. The Bertz CT molecular complexity index is 559. The van der Waals surface area contributed by atoms with Crippen LogP contribution >= 0.6 is 0 Å². The molecule has 0 atom stereocenters. The van der Waals surface area contributed by atoms with Crippen LogP contribution in [0.1, 0.15) is 37.0 Å². The third-order valence-corrected chi connectivity index (χ3v) is 3.45. The molecule has 4 heteroatoms. The molecule has 0 saturated heterocycles. The first-order valence-electron chi connectivity index (χ1n) is 6.74. The predicted molar refractivity (Wildman–Crippen MR) is 75.9 cm³/mol. The summed E-state index contributed by atoms with van der Waals surface area (Å²) in [7, 11) is 0. The van der Waals surface area contributed by atoms with E-state index in [1.54, 1.807) is 18.5 Å². The number of aromatic nitrogens is 2. The highest BCUT2D eigenvalue weighted by Gasteiger charge is 2.12. The molecule has 0 unspecified atom stereocenters. The number of fused-ring (bicyclic) bond motifs is 1. The van der Waals surface area contributed by atoms with Crippen LogP contribution in [0.15, 0.2) is 30.6 Å². The average molecular weight is 257 g/mol. The summed E-state index contributed by atoms with van der Waals surface area (Å²) in [5.41, 5.74) is 2.00. The first kappa shape index (κ1) is 13.5. The maximum absolute atomic E-state index is 12.2. The summed E-state index contributed by atoms with van der Waals surface area (Å²) in [5.74, 6) is 0.461. The molecule has 0 aliphatic carbocycles. The largest absolute Gasteiger partial charge is 0.352 e. The molecule has 4 nitrogen and oxygen atoms in total. The van der Waals surface area contributed by atoms with E-state index in [1.807, 2.05) is 12.1 Å². The van der Waals surface area contributed by atoms with Crippen LogP contribution in [0, 0.1) is 5.92 Å². The highest BCUT2D eigenvalue weighted by Crippen LogP contribution is 2.14. The number of nitrogens with one attached hydrogen (secondary N) is 1. The smallest absolute Gasteiger partial charge is 0.253 e. The van der Waals surface area contributed by atoms with Crippen LogP contribution in [0.5, 0.6) is 0 Å². The fourth-order valence-corrected chi connectivity index (χ4v) is 2.09.